The summed E-state index contributed by atoms with van der Waals surface area (Å²) < 4.78 is 40.1. The molecule has 4 aromatic rings. The Morgan fingerprint density at radius 2 is 1.87 bits per heavy atom. The van der Waals surface area contributed by atoms with Crippen molar-refractivity contribution < 1.29 is 27.9 Å². The number of benzene rings is 1. The molecule has 0 spiro atoms. The van der Waals surface area contributed by atoms with Crippen molar-refractivity contribution >= 4 is 54.4 Å². The summed E-state index contributed by atoms with van der Waals surface area (Å²) in [5.41, 5.74) is 3.23. The molecule has 1 aromatic carbocycles. The Morgan fingerprint density at radius 1 is 1.15 bits per heavy atom. The van der Waals surface area contributed by atoms with E-state index in [1.807, 2.05) is 0 Å². The molecule has 1 aliphatic rings. The second-order valence-electron chi connectivity index (χ2n) is 8.24. The van der Waals surface area contributed by atoms with Crippen molar-refractivity contribution in [1.82, 2.24) is 25.4 Å². The van der Waals surface area contributed by atoms with E-state index in [9.17, 15) is 13.2 Å². The van der Waals surface area contributed by atoms with Gasteiger partial charge in [-0.05, 0) is 29.8 Å². The van der Waals surface area contributed by atoms with Crippen molar-refractivity contribution in [3.8, 4) is 17.4 Å². The third-order valence-electron chi connectivity index (χ3n) is 5.70. The zero-order valence-corrected chi connectivity index (χ0v) is 22.2. The van der Waals surface area contributed by atoms with Gasteiger partial charge in [0, 0.05) is 31.6 Å². The molecule has 0 bridgehead atoms. The molecule has 1 fully saturated rings. The fraction of sp³-hybridized carbons (Fsp3) is 0.208. The van der Waals surface area contributed by atoms with Gasteiger partial charge in [0.2, 0.25) is 0 Å². The van der Waals surface area contributed by atoms with E-state index in [-0.39, 0.29) is 10.9 Å². The van der Waals surface area contributed by atoms with Gasteiger partial charge in [-0.25, -0.2) is 33.8 Å². The number of methoxy groups -OCH3 is 1. The molecule has 0 radical (unpaired) electrons. The molecule has 13 nitrogen and oxygen atoms in total. The number of carbonyl (C=O) groups excluding carboxylic acids is 1. The summed E-state index contributed by atoms with van der Waals surface area (Å²) in [6, 6.07) is 7.83. The number of nitrogens with zero attached hydrogens (tertiary/aromatic N) is 5. The van der Waals surface area contributed by atoms with Crippen LogP contribution in [0.15, 0.2) is 53.7 Å². The fourth-order valence-corrected chi connectivity index (χ4v) is 6.08. The zero-order chi connectivity index (χ0) is 27.4. The quantitative estimate of drug-likeness (QED) is 0.162. The van der Waals surface area contributed by atoms with Crippen LogP contribution in [0, 0.1) is 0 Å². The van der Waals surface area contributed by atoms with Gasteiger partial charge in [-0.15, -0.1) is 11.3 Å². The predicted octanol–water partition coefficient (Wildman–Crippen LogP) is 2.31. The summed E-state index contributed by atoms with van der Waals surface area (Å²) in [6.07, 6.45) is 5.71. The second-order valence-corrected chi connectivity index (χ2v) is 11.0. The monoisotopic (exact) mass is 569 g/mol. The number of sulfonamides is 1. The van der Waals surface area contributed by atoms with E-state index in [0.29, 0.717) is 59.6 Å². The topological polar surface area (TPSA) is 169 Å². The number of nitrogens with one attached hydrogen (secondary N) is 2. The van der Waals surface area contributed by atoms with Gasteiger partial charge in [-0.2, -0.15) is 0 Å². The minimum absolute atomic E-state index is 0.0410. The van der Waals surface area contributed by atoms with Crippen LogP contribution in [-0.4, -0.2) is 72.9 Å². The van der Waals surface area contributed by atoms with Gasteiger partial charge in [0.15, 0.2) is 11.6 Å². The number of hydroxylamine groups is 1. The maximum absolute atomic E-state index is 13.1. The normalized spacial score (nSPS) is 14.1. The SMILES string of the molecule is COc1ncc(-c2nc(N3CCOCC3)c3sc(NS(=O)(=O)c4ccc(/C=C/C(=O)NO)cc4)cc3n2)cn1. The van der Waals surface area contributed by atoms with E-state index in [2.05, 4.69) is 24.6 Å². The zero-order valence-electron chi connectivity index (χ0n) is 20.6. The molecule has 1 amide bonds. The molecule has 39 heavy (non-hydrogen) atoms. The first-order valence-electron chi connectivity index (χ1n) is 11.6. The molecule has 1 saturated heterocycles. The number of amides is 1. The molecular formula is C24H23N7O6S2. The Labute approximate surface area is 227 Å². The first kappa shape index (κ1) is 26.4. The first-order chi connectivity index (χ1) is 18.9. The van der Waals surface area contributed by atoms with Crippen LogP contribution in [0.2, 0.25) is 0 Å². The number of anilines is 2. The van der Waals surface area contributed by atoms with Gasteiger partial charge in [0.05, 0.1) is 41.0 Å². The Kier molecular flexibility index (Phi) is 7.65. The van der Waals surface area contributed by atoms with Crippen LogP contribution in [-0.2, 0) is 19.6 Å². The number of fused-ring (bicyclic) bond motifs is 1. The average molecular weight is 570 g/mol. The smallest absolute Gasteiger partial charge is 0.316 e. The molecule has 5 rings (SSSR count). The van der Waals surface area contributed by atoms with E-state index in [1.165, 1.54) is 42.1 Å². The largest absolute Gasteiger partial charge is 0.467 e. The number of morpholine rings is 1. The number of thiophene rings is 1. The standard InChI is InChI=1S/C24H23N7O6S2/c1-36-24-25-13-16(14-26-24)22-27-18-12-20(38-21(18)23(28-22)31-8-10-37-11-9-31)30-39(34,35)17-5-2-15(3-6-17)4-7-19(32)29-33/h2-7,12-14,30,33H,8-11H2,1H3,(H,29,32)/b7-4+. The molecule has 0 aliphatic carbocycles. The third-order valence-corrected chi connectivity index (χ3v) is 8.24. The van der Waals surface area contributed by atoms with Gasteiger partial charge >= 0.3 is 6.01 Å². The Balaban J connectivity index is 1.47. The van der Waals surface area contributed by atoms with Crippen molar-refractivity contribution in [3.05, 3.63) is 54.4 Å². The molecule has 4 heterocycles. The average Bonchev–Trinajstić information content (AvgIpc) is 3.37. The lowest BCUT2D eigenvalue weighted by molar-refractivity contribution is -0.124. The highest BCUT2D eigenvalue weighted by Gasteiger charge is 2.22. The summed E-state index contributed by atoms with van der Waals surface area (Å²) in [7, 11) is -2.44. The molecule has 202 valence electrons. The fourth-order valence-electron chi connectivity index (χ4n) is 3.78. The minimum atomic E-state index is -3.92. The van der Waals surface area contributed by atoms with Crippen molar-refractivity contribution in [2.45, 2.75) is 4.90 Å². The van der Waals surface area contributed by atoms with Gasteiger partial charge in [-0.1, -0.05) is 12.1 Å². The highest BCUT2D eigenvalue weighted by Crippen LogP contribution is 2.37. The number of aromatic nitrogens is 4. The van der Waals surface area contributed by atoms with Gasteiger partial charge in [0.1, 0.15) is 5.00 Å². The molecule has 15 heteroatoms. The van der Waals surface area contributed by atoms with Crippen LogP contribution in [0.3, 0.4) is 0 Å². The maximum atomic E-state index is 13.1. The van der Waals surface area contributed by atoms with Crippen LogP contribution in [0.25, 0.3) is 27.7 Å². The predicted molar refractivity (Wildman–Crippen MR) is 144 cm³/mol. The van der Waals surface area contributed by atoms with Crippen LogP contribution >= 0.6 is 11.3 Å². The second kappa shape index (κ2) is 11.3. The van der Waals surface area contributed by atoms with Crippen LogP contribution < -0.4 is 19.8 Å². The summed E-state index contributed by atoms with van der Waals surface area (Å²) >= 11 is 1.24. The van der Waals surface area contributed by atoms with E-state index in [0.717, 1.165) is 10.8 Å². The number of hydrogen-bond donors (Lipinski definition) is 3. The van der Waals surface area contributed by atoms with E-state index >= 15 is 0 Å². The molecule has 0 atom stereocenters. The Hall–Kier alpha value is -4.18. The molecule has 0 unspecified atom stereocenters. The molecule has 0 saturated carbocycles. The number of hydrogen-bond acceptors (Lipinski definition) is 12. The van der Waals surface area contributed by atoms with Crippen LogP contribution in [0.1, 0.15) is 5.56 Å². The molecule has 3 N–H and O–H groups in total. The summed E-state index contributed by atoms with van der Waals surface area (Å²) in [5, 5.41) is 8.95. The lowest BCUT2D eigenvalue weighted by Gasteiger charge is -2.28. The molecule has 3 aromatic heterocycles. The molecular weight excluding hydrogens is 546 g/mol. The van der Waals surface area contributed by atoms with Gasteiger partial charge < -0.3 is 14.4 Å². The summed E-state index contributed by atoms with van der Waals surface area (Å²) in [6.45, 7) is 2.36. The maximum Gasteiger partial charge on any atom is 0.316 e. The van der Waals surface area contributed by atoms with Crippen LogP contribution in [0.5, 0.6) is 6.01 Å². The van der Waals surface area contributed by atoms with Crippen molar-refractivity contribution in [1.29, 1.82) is 0 Å². The van der Waals surface area contributed by atoms with E-state index < -0.39 is 15.9 Å². The minimum Gasteiger partial charge on any atom is -0.467 e. The van der Waals surface area contributed by atoms with Crippen LogP contribution in [0.4, 0.5) is 10.8 Å². The van der Waals surface area contributed by atoms with E-state index in [1.54, 1.807) is 30.6 Å². The lowest BCUT2D eigenvalue weighted by atomic mass is 10.2. The van der Waals surface area contributed by atoms with E-state index in [4.69, 9.17) is 19.7 Å². The van der Waals surface area contributed by atoms with Crippen molar-refractivity contribution in [3.63, 3.8) is 0 Å². The Morgan fingerprint density at radius 3 is 2.54 bits per heavy atom. The summed E-state index contributed by atoms with van der Waals surface area (Å²) in [5.74, 6) is 0.380. The van der Waals surface area contributed by atoms with Gasteiger partial charge in [-0.3, -0.25) is 14.7 Å². The Bertz CT molecular complexity index is 1620. The van der Waals surface area contributed by atoms with Gasteiger partial charge in [0.25, 0.3) is 15.9 Å². The number of ether oxygens (including phenoxy) is 2. The number of rotatable bonds is 8. The van der Waals surface area contributed by atoms with Crippen molar-refractivity contribution in [2.24, 2.45) is 0 Å². The van der Waals surface area contributed by atoms with Crippen molar-refractivity contribution in [2.75, 3.05) is 43.0 Å². The first-order valence-corrected chi connectivity index (χ1v) is 13.9. The number of carbonyl (C=O) groups is 1. The molecule has 1 aliphatic heterocycles. The highest BCUT2D eigenvalue weighted by atomic mass is 32.2. The third kappa shape index (κ3) is 5.96. The summed E-state index contributed by atoms with van der Waals surface area (Å²) in [4.78, 5) is 31.0. The highest BCUT2D eigenvalue weighted by molar-refractivity contribution is 7.93. The lowest BCUT2D eigenvalue weighted by Crippen LogP contribution is -2.36.